The number of anilines is 1. The molecule has 0 radical (unpaired) electrons. The summed E-state index contributed by atoms with van der Waals surface area (Å²) in [7, 11) is 0. The van der Waals surface area contributed by atoms with Crippen molar-refractivity contribution in [2.24, 2.45) is 5.16 Å². The van der Waals surface area contributed by atoms with Crippen LogP contribution in [0.5, 0.6) is 0 Å². The summed E-state index contributed by atoms with van der Waals surface area (Å²) in [5, 5.41) is 6.45. The third-order valence-corrected chi connectivity index (χ3v) is 3.22. The van der Waals surface area contributed by atoms with Crippen molar-refractivity contribution in [1.82, 2.24) is 0 Å². The number of hydrogen-bond acceptors (Lipinski definition) is 5. The van der Waals surface area contributed by atoms with E-state index in [4.69, 9.17) is 9.57 Å². The lowest BCUT2D eigenvalue weighted by Gasteiger charge is -2.18. The molecule has 2 heterocycles. The molecule has 0 saturated heterocycles. The second kappa shape index (κ2) is 4.08. The Kier molecular flexibility index (Phi) is 2.51. The van der Waals surface area contributed by atoms with Crippen LogP contribution < -0.4 is 5.32 Å². The number of carbonyl (C=O) groups is 2. The molecular formula is C13H12N2O4. The molecule has 0 saturated carbocycles. The van der Waals surface area contributed by atoms with Crippen molar-refractivity contribution in [2.75, 3.05) is 11.9 Å². The predicted octanol–water partition coefficient (Wildman–Crippen LogP) is 1.17. The van der Waals surface area contributed by atoms with Gasteiger partial charge < -0.3 is 14.9 Å². The van der Waals surface area contributed by atoms with Crippen LogP contribution in [0, 0.1) is 0 Å². The zero-order valence-electron chi connectivity index (χ0n) is 10.3. The Balaban J connectivity index is 1.92. The Morgan fingerprint density at radius 1 is 1.53 bits per heavy atom. The monoisotopic (exact) mass is 260 g/mol. The first-order valence-corrected chi connectivity index (χ1v) is 6.00. The highest BCUT2D eigenvalue weighted by Gasteiger charge is 2.54. The Hall–Kier alpha value is -2.37. The number of esters is 1. The van der Waals surface area contributed by atoms with Crippen LogP contribution in [0.2, 0.25) is 0 Å². The van der Waals surface area contributed by atoms with Gasteiger partial charge in [-0.25, -0.2) is 4.79 Å². The lowest BCUT2D eigenvalue weighted by atomic mass is 9.90. The Morgan fingerprint density at radius 2 is 2.32 bits per heavy atom. The lowest BCUT2D eigenvalue weighted by Crippen LogP contribution is -2.35. The molecule has 1 N–H and O–H groups in total. The van der Waals surface area contributed by atoms with Crippen LogP contribution in [0.25, 0.3) is 0 Å². The molecule has 3 rings (SSSR count). The first-order chi connectivity index (χ1) is 9.17. The van der Waals surface area contributed by atoms with E-state index in [2.05, 4.69) is 10.5 Å². The molecule has 1 aromatic rings. The Bertz CT molecular complexity index is 596. The zero-order chi connectivity index (χ0) is 13.5. The number of fused-ring (bicyclic) bond motifs is 2. The summed E-state index contributed by atoms with van der Waals surface area (Å²) in [5.41, 5.74) is 0.295. The van der Waals surface area contributed by atoms with Gasteiger partial charge in [0.15, 0.2) is 5.71 Å². The summed E-state index contributed by atoms with van der Waals surface area (Å²) >= 11 is 0. The van der Waals surface area contributed by atoms with Crippen molar-refractivity contribution in [1.29, 1.82) is 0 Å². The molecule has 0 aromatic heterocycles. The van der Waals surface area contributed by atoms with Gasteiger partial charge in [0.2, 0.25) is 5.60 Å². The summed E-state index contributed by atoms with van der Waals surface area (Å²) in [6, 6.07) is 7.21. The van der Waals surface area contributed by atoms with Crippen LogP contribution in [-0.2, 0) is 24.8 Å². The molecule has 2 aliphatic rings. The van der Waals surface area contributed by atoms with Crippen LogP contribution in [0.1, 0.15) is 18.9 Å². The quantitative estimate of drug-likeness (QED) is 0.810. The molecule has 0 bridgehead atoms. The molecule has 6 heteroatoms. The van der Waals surface area contributed by atoms with Crippen LogP contribution in [0.3, 0.4) is 0 Å². The highest BCUT2D eigenvalue weighted by molar-refractivity contribution is 6.37. The molecule has 0 aliphatic carbocycles. The van der Waals surface area contributed by atoms with E-state index in [1.165, 1.54) is 0 Å². The van der Waals surface area contributed by atoms with Gasteiger partial charge in [-0.3, -0.25) is 4.79 Å². The molecule has 1 amide bonds. The van der Waals surface area contributed by atoms with Crippen LogP contribution >= 0.6 is 0 Å². The highest BCUT2D eigenvalue weighted by Crippen LogP contribution is 2.44. The van der Waals surface area contributed by atoms with Gasteiger partial charge >= 0.3 is 5.97 Å². The van der Waals surface area contributed by atoms with E-state index >= 15 is 0 Å². The summed E-state index contributed by atoms with van der Waals surface area (Å²) in [6.45, 7) is 1.97. The number of benzene rings is 1. The van der Waals surface area contributed by atoms with E-state index in [1.54, 1.807) is 19.1 Å². The van der Waals surface area contributed by atoms with E-state index in [0.717, 1.165) is 0 Å². The van der Waals surface area contributed by atoms with Crippen molar-refractivity contribution in [3.8, 4) is 0 Å². The first-order valence-electron chi connectivity index (χ1n) is 6.00. The predicted molar refractivity (Wildman–Crippen MR) is 66.5 cm³/mol. The molecule has 2 aliphatic heterocycles. The SMILES string of the molecule is CCOC(=O)C1=NOC2(C1)C(=O)Nc1ccccc12. The standard InChI is InChI=1S/C13H12N2O4/c1-2-18-11(16)10-7-13(19-15-10)8-5-3-4-6-9(8)14-12(13)17/h3-6H,2,7H2,1H3,(H,14,17). The zero-order valence-corrected chi connectivity index (χ0v) is 10.3. The largest absolute Gasteiger partial charge is 0.461 e. The van der Waals surface area contributed by atoms with Crippen LogP contribution in [0.4, 0.5) is 5.69 Å². The van der Waals surface area contributed by atoms with Gasteiger partial charge in [-0.15, -0.1) is 0 Å². The van der Waals surface area contributed by atoms with Gasteiger partial charge in [0.05, 0.1) is 13.0 Å². The number of rotatable bonds is 2. The molecular weight excluding hydrogens is 248 g/mol. The average molecular weight is 260 g/mol. The van der Waals surface area contributed by atoms with Crippen molar-refractivity contribution >= 4 is 23.3 Å². The summed E-state index contributed by atoms with van der Waals surface area (Å²) < 4.78 is 4.87. The third kappa shape index (κ3) is 1.60. The van der Waals surface area contributed by atoms with E-state index in [0.29, 0.717) is 11.3 Å². The van der Waals surface area contributed by atoms with E-state index < -0.39 is 11.6 Å². The smallest absolute Gasteiger partial charge is 0.356 e. The second-order valence-corrected chi connectivity index (χ2v) is 4.35. The van der Waals surface area contributed by atoms with Crippen molar-refractivity contribution in [3.63, 3.8) is 0 Å². The molecule has 6 nitrogen and oxygen atoms in total. The maximum absolute atomic E-state index is 12.1. The summed E-state index contributed by atoms with van der Waals surface area (Å²) in [5.74, 6) is -0.853. The van der Waals surface area contributed by atoms with E-state index in [1.807, 2.05) is 12.1 Å². The molecule has 19 heavy (non-hydrogen) atoms. The number of ether oxygens (including phenoxy) is 1. The van der Waals surface area contributed by atoms with E-state index in [-0.39, 0.29) is 24.6 Å². The third-order valence-electron chi connectivity index (χ3n) is 3.22. The molecule has 1 aromatic carbocycles. The maximum Gasteiger partial charge on any atom is 0.356 e. The first kappa shape index (κ1) is 11.7. The number of amides is 1. The van der Waals surface area contributed by atoms with Gasteiger partial charge in [0.1, 0.15) is 0 Å². The summed E-state index contributed by atoms with van der Waals surface area (Å²) in [4.78, 5) is 29.1. The molecule has 1 spiro atoms. The van der Waals surface area contributed by atoms with Crippen LogP contribution in [0.15, 0.2) is 29.4 Å². The minimum absolute atomic E-state index is 0.0919. The lowest BCUT2D eigenvalue weighted by molar-refractivity contribution is -0.137. The fraction of sp³-hybridized carbons (Fsp3) is 0.308. The van der Waals surface area contributed by atoms with E-state index in [9.17, 15) is 9.59 Å². The summed E-state index contributed by atoms with van der Waals surface area (Å²) in [6.07, 6.45) is 0.0919. The minimum atomic E-state index is -1.22. The molecule has 1 unspecified atom stereocenters. The maximum atomic E-state index is 12.1. The molecule has 0 fully saturated rings. The number of nitrogens with one attached hydrogen (secondary N) is 1. The van der Waals surface area contributed by atoms with Crippen molar-refractivity contribution in [3.05, 3.63) is 29.8 Å². The highest BCUT2D eigenvalue weighted by atomic mass is 16.7. The fourth-order valence-electron chi connectivity index (χ4n) is 2.31. The fourth-order valence-corrected chi connectivity index (χ4v) is 2.31. The normalized spacial score (nSPS) is 23.6. The van der Waals surface area contributed by atoms with Crippen molar-refractivity contribution < 1.29 is 19.2 Å². The number of oxime groups is 1. The number of nitrogens with zero attached hydrogens (tertiary/aromatic N) is 1. The Labute approximate surface area is 109 Å². The van der Waals surface area contributed by atoms with Gasteiger partial charge in [-0.2, -0.15) is 0 Å². The number of carbonyl (C=O) groups excluding carboxylic acids is 2. The Morgan fingerprint density at radius 3 is 3.11 bits per heavy atom. The van der Waals surface area contributed by atoms with Gasteiger partial charge in [-0.1, -0.05) is 23.4 Å². The average Bonchev–Trinajstić information content (AvgIpc) is 2.96. The second-order valence-electron chi connectivity index (χ2n) is 4.35. The van der Waals surface area contributed by atoms with Gasteiger partial charge in [0.25, 0.3) is 5.91 Å². The number of hydrogen-bond donors (Lipinski definition) is 1. The van der Waals surface area contributed by atoms with Crippen LogP contribution in [-0.4, -0.2) is 24.2 Å². The topological polar surface area (TPSA) is 77.0 Å². The molecule has 98 valence electrons. The van der Waals surface area contributed by atoms with Gasteiger partial charge in [0, 0.05) is 11.3 Å². The number of para-hydroxylation sites is 1. The van der Waals surface area contributed by atoms with Gasteiger partial charge in [-0.05, 0) is 13.0 Å². The van der Waals surface area contributed by atoms with Crippen molar-refractivity contribution in [2.45, 2.75) is 18.9 Å². The molecule has 1 atom stereocenters. The minimum Gasteiger partial charge on any atom is -0.461 e.